The van der Waals surface area contributed by atoms with Gasteiger partial charge in [0.25, 0.3) is 0 Å². The number of nitrogens with zero attached hydrogens (tertiary/aromatic N) is 1. The number of rotatable bonds is 3. The Bertz CT molecular complexity index is 377. The maximum absolute atomic E-state index is 6.20. The first-order valence-electron chi connectivity index (χ1n) is 6.87. The Morgan fingerprint density at radius 3 is 2.61 bits per heavy atom. The second kappa shape index (κ2) is 6.05. The summed E-state index contributed by atoms with van der Waals surface area (Å²) in [5.74, 6) is 0.643. The van der Waals surface area contributed by atoms with E-state index in [-0.39, 0.29) is 0 Å². The van der Waals surface area contributed by atoms with Gasteiger partial charge < -0.3 is 5.73 Å². The van der Waals surface area contributed by atoms with Gasteiger partial charge in [-0.1, -0.05) is 37.6 Å². The lowest BCUT2D eigenvalue weighted by molar-refractivity contribution is 0.117. The van der Waals surface area contributed by atoms with E-state index in [1.54, 1.807) is 0 Å². The van der Waals surface area contributed by atoms with Gasteiger partial charge in [-0.05, 0) is 43.0 Å². The molecule has 1 aromatic carbocycles. The van der Waals surface area contributed by atoms with E-state index in [1.165, 1.54) is 12.0 Å². The zero-order valence-electron chi connectivity index (χ0n) is 11.3. The third-order valence-electron chi connectivity index (χ3n) is 4.13. The molecule has 1 aromatic rings. The molecule has 3 unspecified atom stereocenters. The molecule has 0 bridgehead atoms. The highest BCUT2D eigenvalue weighted by molar-refractivity contribution is 6.30. The van der Waals surface area contributed by atoms with Crippen LogP contribution in [0.3, 0.4) is 0 Å². The molecule has 2 N–H and O–H groups in total. The van der Waals surface area contributed by atoms with E-state index in [1.807, 2.05) is 12.1 Å². The van der Waals surface area contributed by atoms with E-state index in [4.69, 9.17) is 17.3 Å². The van der Waals surface area contributed by atoms with Crippen molar-refractivity contribution in [3.63, 3.8) is 0 Å². The molecule has 3 heteroatoms. The van der Waals surface area contributed by atoms with Crippen molar-refractivity contribution in [3.05, 3.63) is 34.9 Å². The molecule has 0 spiro atoms. The number of benzene rings is 1. The van der Waals surface area contributed by atoms with Gasteiger partial charge in [0.2, 0.25) is 0 Å². The average molecular weight is 267 g/mol. The maximum atomic E-state index is 6.20. The van der Waals surface area contributed by atoms with Crippen molar-refractivity contribution in [1.29, 1.82) is 0 Å². The number of halogens is 1. The summed E-state index contributed by atoms with van der Waals surface area (Å²) in [5.41, 5.74) is 7.55. The minimum Gasteiger partial charge on any atom is -0.326 e. The number of hydrogen-bond donors (Lipinski definition) is 1. The van der Waals surface area contributed by atoms with Crippen LogP contribution >= 0.6 is 11.6 Å². The van der Waals surface area contributed by atoms with Gasteiger partial charge in [0.15, 0.2) is 0 Å². The normalized spacial score (nSPS) is 27.1. The third kappa shape index (κ3) is 3.05. The largest absolute Gasteiger partial charge is 0.326 e. The molecule has 0 radical (unpaired) electrons. The summed E-state index contributed by atoms with van der Waals surface area (Å²) in [6.07, 6.45) is 2.31. The number of piperidine rings is 1. The second-order valence-electron chi connectivity index (χ2n) is 5.40. The molecule has 3 atom stereocenters. The van der Waals surface area contributed by atoms with E-state index in [2.05, 4.69) is 30.9 Å². The van der Waals surface area contributed by atoms with Crippen LogP contribution in [0.4, 0.5) is 0 Å². The summed E-state index contributed by atoms with van der Waals surface area (Å²) in [4.78, 5) is 2.52. The molecule has 0 saturated carbocycles. The predicted molar refractivity (Wildman–Crippen MR) is 77.8 cm³/mol. The van der Waals surface area contributed by atoms with Crippen molar-refractivity contribution < 1.29 is 0 Å². The monoisotopic (exact) mass is 266 g/mol. The van der Waals surface area contributed by atoms with Crippen LogP contribution in [0.1, 0.15) is 38.3 Å². The Kier molecular flexibility index (Phi) is 4.66. The maximum Gasteiger partial charge on any atom is 0.0406 e. The highest BCUT2D eigenvalue weighted by Crippen LogP contribution is 2.29. The molecule has 0 aliphatic carbocycles. The molecule has 1 saturated heterocycles. The Morgan fingerprint density at radius 1 is 1.39 bits per heavy atom. The summed E-state index contributed by atoms with van der Waals surface area (Å²) < 4.78 is 0. The lowest BCUT2D eigenvalue weighted by Gasteiger charge is -2.40. The highest BCUT2D eigenvalue weighted by atomic mass is 35.5. The topological polar surface area (TPSA) is 29.3 Å². The molecule has 100 valence electrons. The van der Waals surface area contributed by atoms with Crippen molar-refractivity contribution in [2.45, 2.75) is 38.8 Å². The van der Waals surface area contributed by atoms with Crippen LogP contribution in [0.15, 0.2) is 24.3 Å². The van der Waals surface area contributed by atoms with Crippen LogP contribution in [0.25, 0.3) is 0 Å². The van der Waals surface area contributed by atoms with Crippen molar-refractivity contribution in [3.8, 4) is 0 Å². The summed E-state index contributed by atoms with van der Waals surface area (Å²) in [6, 6.07) is 9.01. The van der Waals surface area contributed by atoms with Gasteiger partial charge >= 0.3 is 0 Å². The Labute approximate surface area is 115 Å². The molecule has 2 rings (SSSR count). The summed E-state index contributed by atoms with van der Waals surface area (Å²) in [7, 11) is 0. The second-order valence-corrected chi connectivity index (χ2v) is 5.84. The van der Waals surface area contributed by atoms with Gasteiger partial charge in [-0.2, -0.15) is 0 Å². The molecule has 1 heterocycles. The Morgan fingerprint density at radius 2 is 2.06 bits per heavy atom. The van der Waals surface area contributed by atoms with Crippen LogP contribution in [0.5, 0.6) is 0 Å². The van der Waals surface area contributed by atoms with Crippen LogP contribution in [0, 0.1) is 5.92 Å². The van der Waals surface area contributed by atoms with Crippen molar-refractivity contribution >= 4 is 11.6 Å². The quantitative estimate of drug-likeness (QED) is 0.908. The molecular weight excluding hydrogens is 244 g/mol. The third-order valence-corrected chi connectivity index (χ3v) is 4.38. The fraction of sp³-hybridized carbons (Fsp3) is 0.600. The average Bonchev–Trinajstić information content (AvgIpc) is 2.37. The standard InChI is InChI=1S/C15H23ClN2/c1-3-15(12-4-6-13(16)7-5-12)18-9-8-11(2)14(17)10-18/h4-7,11,14-15H,3,8-10,17H2,1-2H3. The van der Waals surface area contributed by atoms with Crippen LogP contribution in [-0.4, -0.2) is 24.0 Å². The first kappa shape index (κ1) is 13.9. The molecule has 18 heavy (non-hydrogen) atoms. The van der Waals surface area contributed by atoms with Gasteiger partial charge in [-0.15, -0.1) is 0 Å². The predicted octanol–water partition coefficient (Wildman–Crippen LogP) is 3.46. The van der Waals surface area contributed by atoms with Gasteiger partial charge in [-0.25, -0.2) is 0 Å². The zero-order valence-corrected chi connectivity index (χ0v) is 12.0. The van der Waals surface area contributed by atoms with Crippen molar-refractivity contribution in [2.75, 3.05) is 13.1 Å². The van der Waals surface area contributed by atoms with Crippen molar-refractivity contribution in [2.24, 2.45) is 11.7 Å². The molecule has 0 aromatic heterocycles. The zero-order chi connectivity index (χ0) is 13.1. The van der Waals surface area contributed by atoms with E-state index < -0.39 is 0 Å². The SMILES string of the molecule is CCC(c1ccc(Cl)cc1)N1CCC(C)C(N)C1. The van der Waals surface area contributed by atoms with E-state index in [0.29, 0.717) is 18.0 Å². The van der Waals surface area contributed by atoms with Gasteiger partial charge in [0.1, 0.15) is 0 Å². The van der Waals surface area contributed by atoms with Gasteiger partial charge in [0.05, 0.1) is 0 Å². The van der Waals surface area contributed by atoms with Gasteiger partial charge in [0, 0.05) is 23.7 Å². The minimum absolute atomic E-state index is 0.306. The van der Waals surface area contributed by atoms with E-state index in [0.717, 1.165) is 24.5 Å². The van der Waals surface area contributed by atoms with Crippen molar-refractivity contribution in [1.82, 2.24) is 4.90 Å². The minimum atomic E-state index is 0.306. The Hall–Kier alpha value is -0.570. The number of likely N-dealkylation sites (tertiary alicyclic amines) is 1. The Balaban J connectivity index is 2.11. The van der Waals surface area contributed by atoms with Gasteiger partial charge in [-0.3, -0.25) is 4.90 Å². The smallest absolute Gasteiger partial charge is 0.0406 e. The molecule has 1 aliphatic rings. The van der Waals surface area contributed by atoms with Crippen LogP contribution < -0.4 is 5.73 Å². The first-order chi connectivity index (χ1) is 8.61. The molecule has 0 amide bonds. The number of nitrogens with two attached hydrogens (primary N) is 1. The summed E-state index contributed by atoms with van der Waals surface area (Å²) in [6.45, 7) is 6.65. The lowest BCUT2D eigenvalue weighted by atomic mass is 9.91. The van der Waals surface area contributed by atoms with Crippen LogP contribution in [0.2, 0.25) is 5.02 Å². The fourth-order valence-corrected chi connectivity index (χ4v) is 2.92. The highest BCUT2D eigenvalue weighted by Gasteiger charge is 2.27. The summed E-state index contributed by atoms with van der Waals surface area (Å²) >= 11 is 5.95. The first-order valence-corrected chi connectivity index (χ1v) is 7.24. The molecule has 1 aliphatic heterocycles. The number of hydrogen-bond acceptors (Lipinski definition) is 2. The fourth-order valence-electron chi connectivity index (χ4n) is 2.80. The molecule has 2 nitrogen and oxygen atoms in total. The van der Waals surface area contributed by atoms with Crippen LogP contribution in [-0.2, 0) is 0 Å². The van der Waals surface area contributed by atoms with E-state index >= 15 is 0 Å². The molecule has 1 fully saturated rings. The summed E-state index contributed by atoms with van der Waals surface area (Å²) in [5, 5.41) is 0.803. The lowest BCUT2D eigenvalue weighted by Crippen LogP contribution is -2.48. The van der Waals surface area contributed by atoms with E-state index in [9.17, 15) is 0 Å². The molecular formula is C15H23ClN2.